The highest BCUT2D eigenvalue weighted by molar-refractivity contribution is 5.80. The molecule has 5 aliphatic rings. The lowest BCUT2D eigenvalue weighted by Gasteiger charge is -2.52. The molecule has 2 heterocycles. The zero-order chi connectivity index (χ0) is 21.4. The molecule has 2 saturated heterocycles. The number of nitrogens with one attached hydrogen (secondary N) is 1. The first kappa shape index (κ1) is 21.5. The van der Waals surface area contributed by atoms with Gasteiger partial charge in [-0.3, -0.25) is 4.79 Å². The van der Waals surface area contributed by atoms with Crippen molar-refractivity contribution in [3.8, 4) is 0 Å². The molecule has 0 aromatic heterocycles. The molecule has 174 valence electrons. The molecule has 31 heavy (non-hydrogen) atoms. The number of carbonyl (C=O) groups excluding carboxylic acids is 2. The first-order chi connectivity index (χ1) is 15.0. The van der Waals surface area contributed by atoms with E-state index in [4.69, 9.17) is 5.73 Å². The lowest BCUT2D eigenvalue weighted by Crippen LogP contribution is -2.65. The number of likely N-dealkylation sites (tertiary alicyclic amines) is 2. The molecule has 5 fully saturated rings. The highest BCUT2D eigenvalue weighted by atomic mass is 16.2. The quantitative estimate of drug-likeness (QED) is 0.700. The monoisotopic (exact) mass is 430 g/mol. The van der Waals surface area contributed by atoms with Gasteiger partial charge in [0.15, 0.2) is 0 Å². The zero-order valence-corrected chi connectivity index (χ0v) is 19.2. The van der Waals surface area contributed by atoms with Gasteiger partial charge in [-0.15, -0.1) is 0 Å². The second kappa shape index (κ2) is 8.92. The van der Waals surface area contributed by atoms with Crippen LogP contribution in [0.4, 0.5) is 4.79 Å². The molecule has 5 rings (SSSR count). The third-order valence-corrected chi connectivity index (χ3v) is 9.36. The van der Waals surface area contributed by atoms with Crippen molar-refractivity contribution in [1.82, 2.24) is 15.1 Å². The number of nitrogens with two attached hydrogens (primary N) is 1. The van der Waals surface area contributed by atoms with E-state index in [0.29, 0.717) is 23.9 Å². The van der Waals surface area contributed by atoms with Gasteiger partial charge in [0.2, 0.25) is 5.91 Å². The molecule has 6 nitrogen and oxygen atoms in total. The lowest BCUT2D eigenvalue weighted by atomic mass is 9.71. The minimum absolute atomic E-state index is 0.131. The Bertz CT molecular complexity index is 674. The minimum atomic E-state index is -0.148. The Morgan fingerprint density at radius 3 is 2.42 bits per heavy atom. The van der Waals surface area contributed by atoms with E-state index in [1.54, 1.807) is 0 Å². The fraction of sp³-hybridized carbons (Fsp3) is 0.920. The van der Waals surface area contributed by atoms with Crippen LogP contribution < -0.4 is 11.1 Å². The summed E-state index contributed by atoms with van der Waals surface area (Å²) in [5, 5.41) is 3.31. The van der Waals surface area contributed by atoms with Crippen LogP contribution in [0.3, 0.4) is 0 Å². The van der Waals surface area contributed by atoms with E-state index >= 15 is 0 Å². The van der Waals surface area contributed by atoms with Gasteiger partial charge in [0.25, 0.3) is 0 Å². The third-order valence-electron chi connectivity index (χ3n) is 9.36. The Labute approximate surface area is 187 Å². The Hall–Kier alpha value is -1.30. The Morgan fingerprint density at radius 1 is 0.806 bits per heavy atom. The molecule has 5 atom stereocenters. The van der Waals surface area contributed by atoms with Crippen molar-refractivity contribution in [3.05, 3.63) is 0 Å². The number of nitrogens with zero attached hydrogens (tertiary/aromatic N) is 2. The first-order valence-corrected chi connectivity index (χ1v) is 13.2. The van der Waals surface area contributed by atoms with Gasteiger partial charge >= 0.3 is 6.03 Å². The summed E-state index contributed by atoms with van der Waals surface area (Å²) < 4.78 is 0. The van der Waals surface area contributed by atoms with Gasteiger partial charge in [0, 0.05) is 42.7 Å². The Morgan fingerprint density at radius 2 is 1.58 bits per heavy atom. The van der Waals surface area contributed by atoms with Crippen LogP contribution in [-0.4, -0.2) is 58.5 Å². The molecule has 0 spiro atoms. The number of hydrogen-bond acceptors (Lipinski definition) is 3. The summed E-state index contributed by atoms with van der Waals surface area (Å²) in [5.74, 6) is 0.982. The third kappa shape index (κ3) is 4.21. The number of hydrogen-bond donors (Lipinski definition) is 2. The van der Waals surface area contributed by atoms with Crippen LogP contribution in [0.5, 0.6) is 0 Å². The van der Waals surface area contributed by atoms with Crippen LogP contribution in [-0.2, 0) is 4.79 Å². The Kier molecular flexibility index (Phi) is 6.19. The summed E-state index contributed by atoms with van der Waals surface area (Å²) in [7, 11) is 0. The highest BCUT2D eigenvalue weighted by Crippen LogP contribution is 2.42. The summed E-state index contributed by atoms with van der Waals surface area (Å²) >= 11 is 0. The SMILES string of the molecule is N[C@@]12CCCCC1N(C(=O)[C@H]1CCC3C(CCN3C(=O)NC3CCCCC3)C1)CCC2. The van der Waals surface area contributed by atoms with Gasteiger partial charge in [0.05, 0.1) is 0 Å². The van der Waals surface area contributed by atoms with Gasteiger partial charge < -0.3 is 20.9 Å². The molecule has 3 aliphatic carbocycles. The van der Waals surface area contributed by atoms with Crippen molar-refractivity contribution in [2.45, 2.75) is 120 Å². The topological polar surface area (TPSA) is 78.7 Å². The van der Waals surface area contributed by atoms with E-state index in [2.05, 4.69) is 15.1 Å². The largest absolute Gasteiger partial charge is 0.338 e. The maximum absolute atomic E-state index is 13.6. The predicted molar refractivity (Wildman–Crippen MR) is 121 cm³/mol. The predicted octanol–water partition coefficient (Wildman–Crippen LogP) is 3.78. The average molecular weight is 431 g/mol. The molecule has 0 aromatic carbocycles. The zero-order valence-electron chi connectivity index (χ0n) is 19.2. The molecule has 2 aliphatic heterocycles. The van der Waals surface area contributed by atoms with E-state index < -0.39 is 0 Å². The number of urea groups is 1. The number of amides is 3. The van der Waals surface area contributed by atoms with Crippen LogP contribution in [0.15, 0.2) is 0 Å². The number of carbonyl (C=O) groups is 2. The Balaban J connectivity index is 1.18. The molecule has 3 unspecified atom stereocenters. The van der Waals surface area contributed by atoms with E-state index in [9.17, 15) is 9.59 Å². The van der Waals surface area contributed by atoms with Crippen LogP contribution in [0.25, 0.3) is 0 Å². The molecule has 3 amide bonds. The van der Waals surface area contributed by atoms with Gasteiger partial charge in [-0.1, -0.05) is 32.1 Å². The van der Waals surface area contributed by atoms with Crippen LogP contribution in [0.2, 0.25) is 0 Å². The summed E-state index contributed by atoms with van der Waals surface area (Å²) in [5.41, 5.74) is 6.64. The van der Waals surface area contributed by atoms with Gasteiger partial charge in [-0.25, -0.2) is 4.79 Å². The van der Waals surface area contributed by atoms with Gasteiger partial charge in [-0.2, -0.15) is 0 Å². The standard InChI is InChI=1S/C25H42N4O2/c26-25-13-5-4-9-22(25)29(15-6-14-25)23(30)19-10-11-21-18(17-19)12-16-28(21)24(31)27-20-7-2-1-3-8-20/h18-22H,1-17,26H2,(H,27,31)/t18?,19-,21?,22?,25+/m0/s1. The summed E-state index contributed by atoms with van der Waals surface area (Å²) in [6, 6.07) is 1.10. The molecule has 6 heteroatoms. The van der Waals surface area contributed by atoms with Gasteiger partial charge in [0.1, 0.15) is 0 Å². The lowest BCUT2D eigenvalue weighted by molar-refractivity contribution is -0.144. The van der Waals surface area contributed by atoms with Crippen molar-refractivity contribution in [3.63, 3.8) is 0 Å². The van der Waals surface area contributed by atoms with E-state index in [0.717, 1.165) is 77.3 Å². The van der Waals surface area contributed by atoms with Crippen LogP contribution in [0.1, 0.15) is 96.3 Å². The number of rotatable bonds is 2. The molecule has 0 bridgehead atoms. The highest BCUT2D eigenvalue weighted by Gasteiger charge is 2.48. The summed E-state index contributed by atoms with van der Waals surface area (Å²) in [4.78, 5) is 30.8. The number of piperidine rings is 1. The first-order valence-electron chi connectivity index (χ1n) is 13.2. The minimum Gasteiger partial charge on any atom is -0.338 e. The van der Waals surface area contributed by atoms with Crippen molar-refractivity contribution in [2.24, 2.45) is 17.6 Å². The second-order valence-electron chi connectivity index (χ2n) is 11.2. The van der Waals surface area contributed by atoms with Crippen molar-refractivity contribution in [1.29, 1.82) is 0 Å². The smallest absolute Gasteiger partial charge is 0.317 e. The maximum Gasteiger partial charge on any atom is 0.317 e. The van der Waals surface area contributed by atoms with Crippen molar-refractivity contribution >= 4 is 11.9 Å². The van der Waals surface area contributed by atoms with Crippen LogP contribution >= 0.6 is 0 Å². The maximum atomic E-state index is 13.6. The average Bonchev–Trinajstić information content (AvgIpc) is 3.22. The molecule has 3 saturated carbocycles. The van der Waals surface area contributed by atoms with Crippen molar-refractivity contribution < 1.29 is 9.59 Å². The molecular weight excluding hydrogens is 388 g/mol. The van der Waals surface area contributed by atoms with Crippen LogP contribution in [0, 0.1) is 11.8 Å². The molecule has 0 radical (unpaired) electrons. The van der Waals surface area contributed by atoms with E-state index in [1.807, 2.05) is 0 Å². The van der Waals surface area contributed by atoms with Crippen molar-refractivity contribution in [2.75, 3.05) is 13.1 Å². The fourth-order valence-electron chi connectivity index (χ4n) is 7.66. The van der Waals surface area contributed by atoms with E-state index in [1.165, 1.54) is 32.1 Å². The normalized spacial score (nSPS) is 39.0. The molecule has 3 N–H and O–H groups in total. The number of fused-ring (bicyclic) bond motifs is 2. The van der Waals surface area contributed by atoms with E-state index in [-0.39, 0.29) is 23.5 Å². The molecule has 0 aromatic rings. The summed E-state index contributed by atoms with van der Waals surface area (Å²) in [6.45, 7) is 1.75. The second-order valence-corrected chi connectivity index (χ2v) is 11.2. The summed E-state index contributed by atoms with van der Waals surface area (Å²) in [6.07, 6.45) is 16.6. The fourth-order valence-corrected chi connectivity index (χ4v) is 7.66. The molecular formula is C25H42N4O2. The van der Waals surface area contributed by atoms with Gasteiger partial charge in [-0.05, 0) is 70.1 Å².